The van der Waals surface area contributed by atoms with Crippen molar-refractivity contribution in [2.75, 3.05) is 0 Å². The van der Waals surface area contributed by atoms with Crippen molar-refractivity contribution in [2.45, 2.75) is 83.3 Å². The highest BCUT2D eigenvalue weighted by atomic mass is 16.3. The van der Waals surface area contributed by atoms with Gasteiger partial charge in [-0.25, -0.2) is 0 Å². The van der Waals surface area contributed by atoms with Crippen molar-refractivity contribution in [3.8, 4) is 11.8 Å². The summed E-state index contributed by atoms with van der Waals surface area (Å²) in [5.41, 5.74) is 0.433. The third-order valence-corrected chi connectivity index (χ3v) is 9.98. The molecule has 156 valence electrons. The zero-order valence-corrected chi connectivity index (χ0v) is 18.0. The van der Waals surface area contributed by atoms with Gasteiger partial charge in [0.2, 0.25) is 0 Å². The molecule has 1 aromatic rings. The van der Waals surface area contributed by atoms with Gasteiger partial charge >= 0.3 is 0 Å². The van der Waals surface area contributed by atoms with E-state index in [9.17, 15) is 10.2 Å². The SMILES string of the molecule is C[C@]12CC[C@@H](O)C[C@@H]1CC[C@@H]1[C@@H]2CC[C@@]2(C)[C@H]1CC[C@@]2(O)C#Cc1ccccc1. The molecule has 0 aromatic heterocycles. The van der Waals surface area contributed by atoms with Gasteiger partial charge < -0.3 is 10.2 Å². The molecule has 4 saturated carbocycles. The summed E-state index contributed by atoms with van der Waals surface area (Å²) in [6.07, 6.45) is 9.86. The molecule has 0 aliphatic heterocycles. The van der Waals surface area contributed by atoms with Gasteiger partial charge in [0.25, 0.3) is 0 Å². The Hall–Kier alpha value is -1.30. The first-order valence-electron chi connectivity index (χ1n) is 11.8. The van der Waals surface area contributed by atoms with Gasteiger partial charge in [-0.2, -0.15) is 0 Å². The van der Waals surface area contributed by atoms with Crippen molar-refractivity contribution in [1.82, 2.24) is 0 Å². The predicted octanol–water partition coefficient (Wildman–Crippen LogP) is 5.17. The van der Waals surface area contributed by atoms with Gasteiger partial charge in [0.05, 0.1) is 6.10 Å². The van der Waals surface area contributed by atoms with Crippen molar-refractivity contribution in [2.24, 2.45) is 34.5 Å². The lowest BCUT2D eigenvalue weighted by Gasteiger charge is -2.61. The van der Waals surface area contributed by atoms with Crippen LogP contribution in [-0.4, -0.2) is 21.9 Å². The third kappa shape index (κ3) is 2.92. The second-order valence-electron chi connectivity index (χ2n) is 11.1. The topological polar surface area (TPSA) is 40.5 Å². The minimum Gasteiger partial charge on any atom is -0.393 e. The quantitative estimate of drug-likeness (QED) is 0.598. The van der Waals surface area contributed by atoms with E-state index in [0.29, 0.717) is 17.3 Å². The normalized spacial score (nSPS) is 48.6. The molecule has 2 N–H and O–H groups in total. The molecule has 2 nitrogen and oxygen atoms in total. The van der Waals surface area contributed by atoms with Gasteiger partial charge in [-0.3, -0.25) is 0 Å². The highest BCUT2D eigenvalue weighted by molar-refractivity contribution is 5.38. The molecule has 0 saturated heterocycles. The van der Waals surface area contributed by atoms with Crippen LogP contribution in [0.4, 0.5) is 0 Å². The predicted molar refractivity (Wildman–Crippen MR) is 116 cm³/mol. The number of hydrogen-bond donors (Lipinski definition) is 2. The van der Waals surface area contributed by atoms with Gasteiger partial charge in [-0.1, -0.05) is 43.9 Å². The first kappa shape index (κ1) is 19.7. The summed E-state index contributed by atoms with van der Waals surface area (Å²) in [6, 6.07) is 10.1. The first-order chi connectivity index (χ1) is 13.9. The molecule has 0 bridgehead atoms. The van der Waals surface area contributed by atoms with Crippen LogP contribution in [0.2, 0.25) is 0 Å². The van der Waals surface area contributed by atoms with Crippen LogP contribution in [0.25, 0.3) is 0 Å². The molecule has 0 unspecified atom stereocenters. The standard InChI is InChI=1S/C27H36O2/c1-25-14-11-21(28)18-20(25)8-9-22-23(25)12-15-26(2)24(22)13-17-27(26,29)16-10-19-6-4-3-5-7-19/h3-7,20-24,28-29H,8-9,11-15,17-18H2,1-2H3/t20-,21+,22+,23-,24-,25-,26-,27-/m0/s1. The number of aliphatic hydroxyl groups excluding tert-OH is 1. The maximum atomic E-state index is 11.7. The highest BCUT2D eigenvalue weighted by Gasteiger charge is 2.64. The van der Waals surface area contributed by atoms with Crippen LogP contribution < -0.4 is 0 Å². The summed E-state index contributed by atoms with van der Waals surface area (Å²) in [5, 5.41) is 21.9. The molecule has 0 heterocycles. The summed E-state index contributed by atoms with van der Waals surface area (Å²) in [7, 11) is 0. The van der Waals surface area contributed by atoms with E-state index >= 15 is 0 Å². The third-order valence-electron chi connectivity index (χ3n) is 9.98. The van der Waals surface area contributed by atoms with Crippen LogP contribution in [0.1, 0.15) is 77.2 Å². The second kappa shape index (κ2) is 6.86. The van der Waals surface area contributed by atoms with Gasteiger partial charge in [-0.15, -0.1) is 0 Å². The smallest absolute Gasteiger partial charge is 0.131 e. The highest BCUT2D eigenvalue weighted by Crippen LogP contribution is 2.68. The molecule has 4 aliphatic rings. The van der Waals surface area contributed by atoms with Crippen molar-refractivity contribution in [3.05, 3.63) is 35.9 Å². The number of aliphatic hydroxyl groups is 2. The van der Waals surface area contributed by atoms with Crippen LogP contribution in [-0.2, 0) is 0 Å². The Balaban J connectivity index is 1.42. The van der Waals surface area contributed by atoms with E-state index in [2.05, 4.69) is 25.7 Å². The molecule has 8 atom stereocenters. The number of hydrogen-bond acceptors (Lipinski definition) is 2. The largest absolute Gasteiger partial charge is 0.393 e. The molecule has 5 rings (SSSR count). The Labute approximate surface area is 176 Å². The number of rotatable bonds is 0. The Morgan fingerprint density at radius 1 is 0.897 bits per heavy atom. The molecule has 0 amide bonds. The maximum absolute atomic E-state index is 11.7. The van der Waals surface area contributed by atoms with Crippen LogP contribution in [0.15, 0.2) is 30.3 Å². The Morgan fingerprint density at radius 2 is 1.66 bits per heavy atom. The van der Waals surface area contributed by atoms with E-state index in [1.165, 1.54) is 25.7 Å². The van der Waals surface area contributed by atoms with Crippen LogP contribution >= 0.6 is 0 Å². The molecular formula is C27H36O2. The zero-order chi connectivity index (χ0) is 20.3. The molecule has 0 radical (unpaired) electrons. The van der Waals surface area contributed by atoms with Gasteiger partial charge in [0.1, 0.15) is 5.60 Å². The fraction of sp³-hybridized carbons (Fsp3) is 0.704. The lowest BCUT2D eigenvalue weighted by Crippen LogP contribution is -2.56. The average Bonchev–Trinajstić information content (AvgIpc) is 2.99. The van der Waals surface area contributed by atoms with E-state index in [-0.39, 0.29) is 11.5 Å². The molecule has 1 aromatic carbocycles. The Morgan fingerprint density at radius 3 is 2.45 bits per heavy atom. The summed E-state index contributed by atoms with van der Waals surface area (Å²) in [4.78, 5) is 0. The summed E-state index contributed by atoms with van der Waals surface area (Å²) < 4.78 is 0. The monoisotopic (exact) mass is 392 g/mol. The molecular weight excluding hydrogens is 356 g/mol. The average molecular weight is 393 g/mol. The fourth-order valence-electron chi connectivity index (χ4n) is 8.15. The Kier molecular flexibility index (Phi) is 4.65. The minimum atomic E-state index is -0.862. The van der Waals surface area contributed by atoms with E-state index < -0.39 is 5.60 Å². The van der Waals surface area contributed by atoms with Gasteiger partial charge in [0, 0.05) is 11.0 Å². The summed E-state index contributed by atoms with van der Waals surface area (Å²) in [6.45, 7) is 4.86. The van der Waals surface area contributed by atoms with Crippen molar-refractivity contribution in [1.29, 1.82) is 0 Å². The number of benzene rings is 1. The van der Waals surface area contributed by atoms with E-state index in [0.717, 1.165) is 49.5 Å². The van der Waals surface area contributed by atoms with Gasteiger partial charge in [-0.05, 0) is 99.0 Å². The van der Waals surface area contributed by atoms with Crippen LogP contribution in [0.5, 0.6) is 0 Å². The molecule has 4 aliphatic carbocycles. The summed E-state index contributed by atoms with van der Waals surface area (Å²) >= 11 is 0. The van der Waals surface area contributed by atoms with Crippen molar-refractivity contribution in [3.63, 3.8) is 0 Å². The first-order valence-corrected chi connectivity index (χ1v) is 11.8. The van der Waals surface area contributed by atoms with E-state index in [4.69, 9.17) is 0 Å². The molecule has 2 heteroatoms. The van der Waals surface area contributed by atoms with Gasteiger partial charge in [0.15, 0.2) is 0 Å². The maximum Gasteiger partial charge on any atom is 0.131 e. The zero-order valence-electron chi connectivity index (χ0n) is 18.0. The Bertz CT molecular complexity index is 822. The lowest BCUT2D eigenvalue weighted by atomic mass is 9.44. The van der Waals surface area contributed by atoms with Crippen LogP contribution in [0.3, 0.4) is 0 Å². The fourth-order valence-corrected chi connectivity index (χ4v) is 8.15. The molecule has 29 heavy (non-hydrogen) atoms. The van der Waals surface area contributed by atoms with Crippen LogP contribution in [0, 0.1) is 46.3 Å². The van der Waals surface area contributed by atoms with Crippen molar-refractivity contribution >= 4 is 0 Å². The van der Waals surface area contributed by atoms with E-state index in [1.54, 1.807) is 0 Å². The molecule has 0 spiro atoms. The number of fused-ring (bicyclic) bond motifs is 5. The minimum absolute atomic E-state index is 0.0803. The lowest BCUT2D eigenvalue weighted by molar-refractivity contribution is -0.144. The van der Waals surface area contributed by atoms with Crippen molar-refractivity contribution < 1.29 is 10.2 Å². The van der Waals surface area contributed by atoms with E-state index in [1.807, 2.05) is 30.3 Å². The second-order valence-corrected chi connectivity index (χ2v) is 11.1. The summed E-state index contributed by atoms with van der Waals surface area (Å²) in [5.74, 6) is 9.40. The molecule has 4 fully saturated rings.